The van der Waals surface area contributed by atoms with Crippen molar-refractivity contribution in [3.8, 4) is 0 Å². The molecule has 1 aliphatic heterocycles. The molecule has 0 spiro atoms. The van der Waals surface area contributed by atoms with Crippen molar-refractivity contribution in [1.29, 1.82) is 0 Å². The van der Waals surface area contributed by atoms with E-state index < -0.39 is 33.9 Å². The van der Waals surface area contributed by atoms with Crippen molar-refractivity contribution in [3.63, 3.8) is 0 Å². The van der Waals surface area contributed by atoms with Gasteiger partial charge in [-0.2, -0.15) is 4.31 Å². The Labute approximate surface area is 141 Å². The number of nitrogens with zero attached hydrogens (tertiary/aromatic N) is 1. The van der Waals surface area contributed by atoms with Gasteiger partial charge in [-0.1, -0.05) is 0 Å². The Morgan fingerprint density at radius 2 is 2.00 bits per heavy atom. The molecule has 2 rings (SSSR count). The molecule has 0 aromatic heterocycles. The smallest absolute Gasteiger partial charge is 0.338 e. The quantitative estimate of drug-likeness (QED) is 0.824. The number of esters is 1. The number of rotatable bonds is 4. The first kappa shape index (κ1) is 18.4. The predicted molar refractivity (Wildman–Crippen MR) is 86.2 cm³/mol. The van der Waals surface area contributed by atoms with Crippen molar-refractivity contribution in [3.05, 3.63) is 29.3 Å². The molecule has 1 heterocycles. The van der Waals surface area contributed by atoms with E-state index in [1.54, 1.807) is 13.8 Å². The molecular weight excluding hydrogens is 334 g/mol. The molecule has 0 unspecified atom stereocenters. The zero-order valence-electron chi connectivity index (χ0n) is 13.9. The number of carboxylic acids is 1. The lowest BCUT2D eigenvalue weighted by Gasteiger charge is -2.36. The first-order chi connectivity index (χ1) is 11.2. The van der Waals surface area contributed by atoms with Crippen molar-refractivity contribution in [2.75, 3.05) is 13.7 Å². The van der Waals surface area contributed by atoms with Crippen molar-refractivity contribution < 1.29 is 27.9 Å². The number of carbonyl (C=O) groups excluding carboxylic acids is 1. The number of aliphatic carboxylic acids is 1. The highest BCUT2D eigenvalue weighted by atomic mass is 32.2. The van der Waals surface area contributed by atoms with Crippen LogP contribution in [-0.4, -0.2) is 49.5 Å². The van der Waals surface area contributed by atoms with Gasteiger partial charge in [0.15, 0.2) is 0 Å². The summed E-state index contributed by atoms with van der Waals surface area (Å²) in [6, 6.07) is 3.56. The summed E-state index contributed by atoms with van der Waals surface area (Å²) >= 11 is 0. The van der Waals surface area contributed by atoms with Gasteiger partial charge in [-0.25, -0.2) is 13.2 Å². The van der Waals surface area contributed by atoms with Crippen LogP contribution in [-0.2, 0) is 19.6 Å². The number of benzene rings is 1. The molecule has 8 heteroatoms. The first-order valence-electron chi connectivity index (χ1n) is 7.63. The Morgan fingerprint density at radius 3 is 2.54 bits per heavy atom. The fourth-order valence-corrected chi connectivity index (χ4v) is 4.84. The fraction of sp³-hybridized carbons (Fsp3) is 0.500. The van der Waals surface area contributed by atoms with Gasteiger partial charge in [0.2, 0.25) is 10.0 Å². The zero-order chi connectivity index (χ0) is 18.1. The summed E-state index contributed by atoms with van der Waals surface area (Å²) in [5, 5.41) is 9.26. The molecular formula is C16H21NO6S. The third kappa shape index (κ3) is 3.29. The standard InChI is InChI=1S/C16H21NO6S/c1-10-9-12(6-7-13(10)16(20)23-3)24(21,22)17-8-4-5-14(11(17)2)15(18)19/h6-7,9,11,14H,4-5,8H2,1-3H3,(H,18,19)/t11-,14-/m0/s1. The number of hydrogen-bond donors (Lipinski definition) is 1. The molecule has 1 aromatic carbocycles. The number of carboxylic acid groups (broad SMARTS) is 1. The monoisotopic (exact) mass is 355 g/mol. The lowest BCUT2D eigenvalue weighted by molar-refractivity contribution is -0.144. The average molecular weight is 355 g/mol. The summed E-state index contributed by atoms with van der Waals surface area (Å²) in [5.41, 5.74) is 0.786. The van der Waals surface area contributed by atoms with E-state index in [0.29, 0.717) is 24.0 Å². The van der Waals surface area contributed by atoms with Crippen LogP contribution in [0.25, 0.3) is 0 Å². The normalized spacial score (nSPS) is 22.1. The van der Waals surface area contributed by atoms with E-state index in [4.69, 9.17) is 0 Å². The van der Waals surface area contributed by atoms with Crippen molar-refractivity contribution in [1.82, 2.24) is 4.31 Å². The van der Waals surface area contributed by atoms with Crippen LogP contribution < -0.4 is 0 Å². The highest BCUT2D eigenvalue weighted by molar-refractivity contribution is 7.89. The molecule has 132 valence electrons. The van der Waals surface area contributed by atoms with E-state index in [0.717, 1.165) is 0 Å². The minimum absolute atomic E-state index is 0.0468. The minimum Gasteiger partial charge on any atom is -0.481 e. The molecule has 0 aliphatic carbocycles. The second-order valence-corrected chi connectivity index (χ2v) is 7.80. The lowest BCUT2D eigenvalue weighted by Crippen LogP contribution is -2.49. The largest absolute Gasteiger partial charge is 0.481 e. The molecule has 0 radical (unpaired) electrons. The van der Waals surface area contributed by atoms with Crippen molar-refractivity contribution in [2.45, 2.75) is 37.6 Å². The van der Waals surface area contributed by atoms with Crippen LogP contribution in [0.4, 0.5) is 0 Å². The van der Waals surface area contributed by atoms with Crippen LogP contribution in [0.15, 0.2) is 23.1 Å². The third-order valence-corrected chi connectivity index (χ3v) is 6.44. The summed E-state index contributed by atoms with van der Waals surface area (Å²) in [4.78, 5) is 23.0. The topological polar surface area (TPSA) is 101 Å². The number of piperidine rings is 1. The second kappa shape index (κ2) is 6.90. The molecule has 1 N–H and O–H groups in total. The molecule has 0 amide bonds. The third-order valence-electron chi connectivity index (χ3n) is 4.46. The van der Waals surface area contributed by atoms with E-state index in [-0.39, 0.29) is 11.4 Å². The number of sulfonamides is 1. The summed E-state index contributed by atoms with van der Waals surface area (Å²) in [7, 11) is -2.57. The average Bonchev–Trinajstić information content (AvgIpc) is 2.53. The van der Waals surface area contributed by atoms with Gasteiger partial charge in [-0.15, -0.1) is 0 Å². The van der Waals surface area contributed by atoms with Gasteiger partial charge in [0.05, 0.1) is 23.5 Å². The van der Waals surface area contributed by atoms with Crippen LogP contribution >= 0.6 is 0 Å². The van der Waals surface area contributed by atoms with E-state index in [1.807, 2.05) is 0 Å². The van der Waals surface area contributed by atoms with Crippen LogP contribution in [0.5, 0.6) is 0 Å². The van der Waals surface area contributed by atoms with Gasteiger partial charge in [-0.05, 0) is 50.5 Å². The van der Waals surface area contributed by atoms with Crippen LogP contribution in [0.2, 0.25) is 0 Å². The van der Waals surface area contributed by atoms with E-state index in [9.17, 15) is 23.1 Å². The second-order valence-electron chi connectivity index (χ2n) is 5.91. The Morgan fingerprint density at radius 1 is 1.33 bits per heavy atom. The van der Waals surface area contributed by atoms with Gasteiger partial charge in [0.25, 0.3) is 0 Å². The van der Waals surface area contributed by atoms with Gasteiger partial charge in [0, 0.05) is 12.6 Å². The molecule has 1 aromatic rings. The Balaban J connectivity index is 2.38. The maximum absolute atomic E-state index is 12.9. The van der Waals surface area contributed by atoms with E-state index in [2.05, 4.69) is 4.74 Å². The van der Waals surface area contributed by atoms with Gasteiger partial charge >= 0.3 is 11.9 Å². The van der Waals surface area contributed by atoms with E-state index in [1.165, 1.54) is 29.6 Å². The van der Waals surface area contributed by atoms with Gasteiger partial charge in [-0.3, -0.25) is 4.79 Å². The Bertz CT molecular complexity index is 758. The summed E-state index contributed by atoms with van der Waals surface area (Å²) in [6.07, 6.45) is 0.961. The number of carbonyl (C=O) groups is 2. The highest BCUT2D eigenvalue weighted by Gasteiger charge is 2.39. The SMILES string of the molecule is COC(=O)c1ccc(S(=O)(=O)N2CCC[C@H](C(=O)O)[C@@H]2C)cc1C. The summed E-state index contributed by atoms with van der Waals surface area (Å²) < 4.78 is 31.7. The zero-order valence-corrected chi connectivity index (χ0v) is 14.7. The molecule has 0 saturated carbocycles. The van der Waals surface area contributed by atoms with Gasteiger partial charge in [0.1, 0.15) is 0 Å². The van der Waals surface area contributed by atoms with Gasteiger partial charge < -0.3 is 9.84 Å². The van der Waals surface area contributed by atoms with Crippen LogP contribution in [0.3, 0.4) is 0 Å². The van der Waals surface area contributed by atoms with Crippen molar-refractivity contribution >= 4 is 22.0 Å². The van der Waals surface area contributed by atoms with Crippen LogP contribution in [0, 0.1) is 12.8 Å². The Kier molecular flexibility index (Phi) is 5.29. The molecule has 0 bridgehead atoms. The van der Waals surface area contributed by atoms with Crippen LogP contribution in [0.1, 0.15) is 35.7 Å². The Hall–Kier alpha value is -1.93. The summed E-state index contributed by atoms with van der Waals surface area (Å²) in [6.45, 7) is 3.53. The van der Waals surface area contributed by atoms with Crippen molar-refractivity contribution in [2.24, 2.45) is 5.92 Å². The molecule has 1 aliphatic rings. The predicted octanol–water partition coefficient (Wildman–Crippen LogP) is 1.66. The number of ether oxygens (including phenoxy) is 1. The number of aryl methyl sites for hydroxylation is 1. The maximum atomic E-state index is 12.9. The molecule has 1 fully saturated rings. The molecule has 1 saturated heterocycles. The lowest BCUT2D eigenvalue weighted by atomic mass is 9.92. The maximum Gasteiger partial charge on any atom is 0.338 e. The summed E-state index contributed by atoms with van der Waals surface area (Å²) in [5.74, 6) is -2.24. The minimum atomic E-state index is -3.83. The van der Waals surface area contributed by atoms with E-state index >= 15 is 0 Å². The first-order valence-corrected chi connectivity index (χ1v) is 9.07. The fourth-order valence-electron chi connectivity index (χ4n) is 3.05. The number of hydrogen-bond acceptors (Lipinski definition) is 5. The number of methoxy groups -OCH3 is 1. The molecule has 7 nitrogen and oxygen atoms in total. The molecule has 2 atom stereocenters. The molecule has 24 heavy (non-hydrogen) atoms. The highest BCUT2D eigenvalue weighted by Crippen LogP contribution is 2.30.